The monoisotopic (exact) mass is 314 g/mol. The van der Waals surface area contributed by atoms with Crippen LogP contribution in [0.3, 0.4) is 0 Å². The highest BCUT2D eigenvalue weighted by Gasteiger charge is 2.25. The summed E-state index contributed by atoms with van der Waals surface area (Å²) in [4.78, 5) is 0. The predicted octanol–water partition coefficient (Wildman–Crippen LogP) is 4.08. The van der Waals surface area contributed by atoms with Crippen LogP contribution >= 0.6 is 22.6 Å². The van der Waals surface area contributed by atoms with Crippen LogP contribution in [0.2, 0.25) is 18.6 Å². The van der Waals surface area contributed by atoms with E-state index in [1.807, 2.05) is 0 Å². The Morgan fingerprint density at radius 3 is 2.38 bits per heavy atom. The third-order valence-corrected chi connectivity index (χ3v) is 6.89. The Morgan fingerprint density at radius 1 is 1.38 bits per heavy atom. The second-order valence-corrected chi connectivity index (χ2v) is 9.78. The van der Waals surface area contributed by atoms with Crippen LogP contribution in [0.1, 0.15) is 27.2 Å². The summed E-state index contributed by atoms with van der Waals surface area (Å²) in [6, 6.07) is 2.59. The molecule has 0 rings (SSSR count). The first kappa shape index (κ1) is 13.9. The van der Waals surface area contributed by atoms with Gasteiger partial charge in [-0.1, -0.05) is 43.4 Å². The number of halogens is 1. The van der Waals surface area contributed by atoms with E-state index < -0.39 is 8.32 Å². The van der Waals surface area contributed by atoms with Gasteiger partial charge in [-0.3, -0.25) is 0 Å². The highest BCUT2D eigenvalue weighted by molar-refractivity contribution is 14.1. The van der Waals surface area contributed by atoms with Gasteiger partial charge in [0.15, 0.2) is 8.32 Å². The lowest BCUT2D eigenvalue weighted by Crippen LogP contribution is -2.34. The van der Waals surface area contributed by atoms with Crippen molar-refractivity contribution in [1.82, 2.24) is 0 Å². The molecule has 1 unspecified atom stereocenters. The van der Waals surface area contributed by atoms with Crippen LogP contribution in [-0.2, 0) is 4.43 Å². The van der Waals surface area contributed by atoms with Crippen molar-refractivity contribution in [1.29, 1.82) is 0 Å². The molecule has 13 heavy (non-hydrogen) atoms. The molecule has 3 heteroatoms. The summed E-state index contributed by atoms with van der Waals surface area (Å²) < 4.78 is 7.35. The molecule has 1 atom stereocenters. The Hall–Kier alpha value is 0.907. The summed E-state index contributed by atoms with van der Waals surface area (Å²) in [6.45, 7) is 10.1. The Morgan fingerprint density at radius 2 is 2.00 bits per heavy atom. The summed E-state index contributed by atoms with van der Waals surface area (Å²) in [7, 11) is -1.31. The molecule has 0 fully saturated rings. The average molecular weight is 314 g/mol. The van der Waals surface area contributed by atoms with Gasteiger partial charge in [-0.15, -0.1) is 0 Å². The number of hydrogen-bond donors (Lipinski definition) is 0. The Balaban J connectivity index is 3.81. The summed E-state index contributed by atoms with van der Waals surface area (Å²) in [5, 5.41) is 0. The fraction of sp³-hybridized carbons (Fsp3) is 1.00. The Kier molecular flexibility index (Phi) is 7.74. The zero-order chi connectivity index (χ0) is 10.3. The summed E-state index contributed by atoms with van der Waals surface area (Å²) >= 11 is 2.45. The van der Waals surface area contributed by atoms with Gasteiger partial charge in [0.1, 0.15) is 0 Å². The molecule has 0 aliphatic carbocycles. The molecule has 0 aliphatic rings. The fourth-order valence-corrected chi connectivity index (χ4v) is 4.62. The van der Waals surface area contributed by atoms with Crippen LogP contribution in [-0.4, -0.2) is 19.4 Å². The van der Waals surface area contributed by atoms with Crippen molar-refractivity contribution in [3.05, 3.63) is 0 Å². The summed E-state index contributed by atoms with van der Waals surface area (Å²) in [5.74, 6) is 0.679. The molecule has 0 radical (unpaired) electrons. The molecule has 0 spiro atoms. The molecule has 0 heterocycles. The standard InChI is InChI=1S/C10H23IOSi/c1-5-13(4,8-6-7-11)12-9-10(2)3/h10H,5-9H2,1-4H3. The van der Waals surface area contributed by atoms with Crippen LogP contribution in [0.15, 0.2) is 0 Å². The van der Waals surface area contributed by atoms with Gasteiger partial charge in [-0.25, -0.2) is 0 Å². The molecule has 0 saturated heterocycles. The van der Waals surface area contributed by atoms with E-state index >= 15 is 0 Å². The topological polar surface area (TPSA) is 9.23 Å². The Bertz CT molecular complexity index is 130. The fourth-order valence-electron chi connectivity index (χ4n) is 1.16. The van der Waals surface area contributed by atoms with E-state index in [1.165, 1.54) is 22.9 Å². The lowest BCUT2D eigenvalue weighted by atomic mass is 10.2. The van der Waals surface area contributed by atoms with Gasteiger partial charge in [0.05, 0.1) is 0 Å². The molecule has 0 aromatic rings. The van der Waals surface area contributed by atoms with Crippen LogP contribution in [0.5, 0.6) is 0 Å². The van der Waals surface area contributed by atoms with Crippen LogP contribution in [0.25, 0.3) is 0 Å². The summed E-state index contributed by atoms with van der Waals surface area (Å²) in [5.41, 5.74) is 0. The van der Waals surface area contributed by atoms with Crippen molar-refractivity contribution < 1.29 is 4.43 Å². The molecule has 0 aliphatic heterocycles. The SMILES string of the molecule is CC[Si](C)(CCCI)OCC(C)C. The minimum atomic E-state index is -1.31. The van der Waals surface area contributed by atoms with Crippen LogP contribution in [0, 0.1) is 5.92 Å². The number of alkyl halides is 1. The quantitative estimate of drug-likeness (QED) is 0.391. The van der Waals surface area contributed by atoms with Crippen molar-refractivity contribution in [2.45, 2.75) is 45.8 Å². The molecule has 0 aromatic carbocycles. The Labute approximate surface area is 97.9 Å². The minimum Gasteiger partial charge on any atom is -0.417 e. The first-order chi connectivity index (χ1) is 6.04. The van der Waals surface area contributed by atoms with Gasteiger partial charge in [0.2, 0.25) is 0 Å². The zero-order valence-electron chi connectivity index (χ0n) is 9.40. The number of rotatable bonds is 7. The van der Waals surface area contributed by atoms with E-state index in [1.54, 1.807) is 0 Å². The maximum Gasteiger partial charge on any atom is 0.189 e. The lowest BCUT2D eigenvalue weighted by Gasteiger charge is -2.26. The van der Waals surface area contributed by atoms with Crippen molar-refractivity contribution in [2.24, 2.45) is 5.92 Å². The minimum absolute atomic E-state index is 0.679. The van der Waals surface area contributed by atoms with Crippen molar-refractivity contribution in [3.63, 3.8) is 0 Å². The van der Waals surface area contributed by atoms with Crippen LogP contribution < -0.4 is 0 Å². The van der Waals surface area contributed by atoms with E-state index in [2.05, 4.69) is 49.9 Å². The first-order valence-electron chi connectivity index (χ1n) is 5.24. The number of hydrogen-bond acceptors (Lipinski definition) is 1. The molecule has 1 nitrogen and oxygen atoms in total. The highest BCUT2D eigenvalue weighted by atomic mass is 127. The highest BCUT2D eigenvalue weighted by Crippen LogP contribution is 2.20. The second-order valence-electron chi connectivity index (χ2n) is 4.30. The largest absolute Gasteiger partial charge is 0.417 e. The van der Waals surface area contributed by atoms with E-state index in [4.69, 9.17) is 4.43 Å². The molecular weight excluding hydrogens is 291 g/mol. The van der Waals surface area contributed by atoms with Crippen molar-refractivity contribution >= 4 is 30.9 Å². The third-order valence-electron chi connectivity index (χ3n) is 2.35. The molecule has 0 N–H and O–H groups in total. The normalized spacial score (nSPS) is 16.2. The zero-order valence-corrected chi connectivity index (χ0v) is 12.6. The van der Waals surface area contributed by atoms with Gasteiger partial charge in [-0.05, 0) is 35.4 Å². The maximum atomic E-state index is 6.08. The van der Waals surface area contributed by atoms with Crippen molar-refractivity contribution in [2.75, 3.05) is 11.0 Å². The molecule has 0 amide bonds. The van der Waals surface area contributed by atoms with E-state index in [-0.39, 0.29) is 0 Å². The second kappa shape index (κ2) is 7.23. The van der Waals surface area contributed by atoms with Crippen LogP contribution in [0.4, 0.5) is 0 Å². The van der Waals surface area contributed by atoms with E-state index in [0.717, 1.165) is 6.61 Å². The van der Waals surface area contributed by atoms with Gasteiger partial charge < -0.3 is 4.43 Å². The summed E-state index contributed by atoms with van der Waals surface area (Å²) in [6.07, 6.45) is 1.33. The first-order valence-corrected chi connectivity index (χ1v) is 9.59. The molecular formula is C10H23IOSi. The van der Waals surface area contributed by atoms with Gasteiger partial charge in [0, 0.05) is 6.61 Å². The smallest absolute Gasteiger partial charge is 0.189 e. The van der Waals surface area contributed by atoms with Gasteiger partial charge in [-0.2, -0.15) is 0 Å². The predicted molar refractivity (Wildman–Crippen MR) is 71.2 cm³/mol. The van der Waals surface area contributed by atoms with E-state index in [0.29, 0.717) is 5.92 Å². The molecule has 0 saturated carbocycles. The van der Waals surface area contributed by atoms with Gasteiger partial charge >= 0.3 is 0 Å². The average Bonchev–Trinajstić information content (AvgIpc) is 2.11. The third kappa shape index (κ3) is 6.91. The molecule has 80 valence electrons. The maximum absolute atomic E-state index is 6.08. The lowest BCUT2D eigenvalue weighted by molar-refractivity contribution is 0.257. The van der Waals surface area contributed by atoms with E-state index in [9.17, 15) is 0 Å². The molecule has 0 bridgehead atoms. The van der Waals surface area contributed by atoms with Gasteiger partial charge in [0.25, 0.3) is 0 Å². The van der Waals surface area contributed by atoms with Crippen molar-refractivity contribution in [3.8, 4) is 0 Å². The molecule has 0 aromatic heterocycles.